The zero-order valence-corrected chi connectivity index (χ0v) is 19.9. The fourth-order valence-corrected chi connectivity index (χ4v) is 5.83. The number of halogens is 3. The first-order valence-corrected chi connectivity index (χ1v) is 12.3. The van der Waals surface area contributed by atoms with Crippen molar-refractivity contribution in [3.8, 4) is 0 Å². The molecular weight excluding hydrogens is 479 g/mol. The lowest BCUT2D eigenvalue weighted by Gasteiger charge is -2.41. The molecule has 0 aromatic carbocycles. The number of carboxylic acids is 1. The van der Waals surface area contributed by atoms with Crippen molar-refractivity contribution in [2.75, 3.05) is 20.3 Å². The van der Waals surface area contributed by atoms with Crippen molar-refractivity contribution in [3.63, 3.8) is 0 Å². The Hall–Kier alpha value is -2.73. The monoisotopic (exact) mass is 509 g/mol. The van der Waals surface area contributed by atoms with Gasteiger partial charge in [0.25, 0.3) is 0 Å². The number of carboxylic acid groups (broad SMARTS) is 1. The van der Waals surface area contributed by atoms with Crippen LogP contribution < -0.4 is 11.1 Å². The van der Waals surface area contributed by atoms with Crippen molar-refractivity contribution in [1.29, 1.82) is 0 Å². The highest BCUT2D eigenvalue weighted by Gasteiger charge is 2.60. The molecule has 4 atom stereocenters. The Balaban J connectivity index is 1.51. The summed E-state index contributed by atoms with van der Waals surface area (Å²) in [5, 5.41) is 16.8. The van der Waals surface area contributed by atoms with Gasteiger partial charge in [0.05, 0.1) is 42.1 Å². The van der Waals surface area contributed by atoms with Gasteiger partial charge in [-0.3, -0.25) is 9.59 Å². The number of imidazole rings is 1. The fraction of sp³-hybridized carbons (Fsp3) is 0.667. The number of aliphatic carboxylic acids is 1. The number of ether oxygens (including phenoxy) is 1. The molecule has 2 aromatic rings. The van der Waals surface area contributed by atoms with Crippen molar-refractivity contribution < 1.29 is 32.6 Å². The number of hydrogen-bond acceptors (Lipinski definition) is 6. The highest BCUT2D eigenvalue weighted by Crippen LogP contribution is 2.53. The van der Waals surface area contributed by atoms with E-state index in [1.165, 1.54) is 43.4 Å². The zero-order chi connectivity index (χ0) is 25.8. The van der Waals surface area contributed by atoms with Crippen LogP contribution in [0.25, 0.3) is 5.65 Å². The van der Waals surface area contributed by atoms with E-state index in [0.29, 0.717) is 29.1 Å². The number of alkyl halides is 3. The van der Waals surface area contributed by atoms with Crippen LogP contribution in [0.4, 0.5) is 13.2 Å². The minimum atomic E-state index is -4.67. The summed E-state index contributed by atoms with van der Waals surface area (Å²) >= 11 is 0. The molecule has 3 unspecified atom stereocenters. The highest BCUT2D eigenvalue weighted by molar-refractivity contribution is 6.03. The van der Waals surface area contributed by atoms with Crippen LogP contribution >= 0.6 is 0 Å². The van der Waals surface area contributed by atoms with Crippen LogP contribution in [0.5, 0.6) is 0 Å². The number of hydrogen-bond donors (Lipinski definition) is 3. The van der Waals surface area contributed by atoms with Gasteiger partial charge in [-0.1, -0.05) is 0 Å². The molecule has 2 aromatic heterocycles. The molecule has 9 nitrogen and oxygen atoms in total. The third-order valence-electron chi connectivity index (χ3n) is 8.06. The Labute approximate surface area is 205 Å². The van der Waals surface area contributed by atoms with E-state index in [1.807, 2.05) is 0 Å². The van der Waals surface area contributed by atoms with Crippen LogP contribution in [-0.4, -0.2) is 58.0 Å². The average molecular weight is 510 g/mol. The molecule has 1 aliphatic heterocycles. The predicted octanol–water partition coefficient (Wildman–Crippen LogP) is 2.66. The Kier molecular flexibility index (Phi) is 6.22. The molecule has 3 fully saturated rings. The van der Waals surface area contributed by atoms with Gasteiger partial charge in [0.15, 0.2) is 11.1 Å². The number of piperidine rings is 1. The third-order valence-corrected chi connectivity index (χ3v) is 8.06. The summed E-state index contributed by atoms with van der Waals surface area (Å²) in [7, 11) is 1.30. The van der Waals surface area contributed by atoms with E-state index in [9.17, 15) is 27.9 Å². The zero-order valence-electron chi connectivity index (χ0n) is 19.9. The summed E-state index contributed by atoms with van der Waals surface area (Å²) in [6.07, 6.45) is 0.790. The molecule has 36 heavy (non-hydrogen) atoms. The smallest absolute Gasteiger partial charge is 0.393 e. The van der Waals surface area contributed by atoms with Crippen molar-refractivity contribution in [2.24, 2.45) is 34.8 Å². The first kappa shape index (κ1) is 24.9. The normalized spacial score (nSPS) is 26.7. The lowest BCUT2D eigenvalue weighted by atomic mass is 9.65. The van der Waals surface area contributed by atoms with E-state index in [1.54, 1.807) is 12.3 Å². The molecule has 2 aliphatic carbocycles. The number of fused-ring (bicyclic) bond motifs is 1. The van der Waals surface area contributed by atoms with Crippen LogP contribution in [0.2, 0.25) is 0 Å². The van der Waals surface area contributed by atoms with Gasteiger partial charge >= 0.3 is 12.1 Å². The predicted molar refractivity (Wildman–Crippen MR) is 121 cm³/mol. The lowest BCUT2D eigenvalue weighted by Crippen LogP contribution is -2.59. The quantitative estimate of drug-likeness (QED) is 0.443. The third kappa shape index (κ3) is 4.34. The Morgan fingerprint density at radius 2 is 1.94 bits per heavy atom. The molecule has 1 saturated heterocycles. The second-order valence-electron chi connectivity index (χ2n) is 10.4. The molecule has 5 rings (SSSR count). The number of carbonyl (C=O) groups is 2. The molecule has 3 heterocycles. The number of methoxy groups -OCH3 is 1. The number of nitrogens with two attached hydrogens (primary N) is 1. The van der Waals surface area contributed by atoms with Crippen LogP contribution in [0.1, 0.15) is 55.5 Å². The van der Waals surface area contributed by atoms with Gasteiger partial charge < -0.3 is 20.9 Å². The van der Waals surface area contributed by atoms with Crippen LogP contribution in [0.3, 0.4) is 0 Å². The molecule has 12 heteroatoms. The van der Waals surface area contributed by atoms with E-state index < -0.39 is 48.3 Å². The maximum absolute atomic E-state index is 13.6. The van der Waals surface area contributed by atoms with E-state index >= 15 is 0 Å². The van der Waals surface area contributed by atoms with Crippen molar-refractivity contribution in [1.82, 2.24) is 19.9 Å². The summed E-state index contributed by atoms with van der Waals surface area (Å²) in [5.74, 6) is -4.33. The summed E-state index contributed by atoms with van der Waals surface area (Å²) in [6.45, 7) is -0.981. The maximum atomic E-state index is 13.6. The summed E-state index contributed by atoms with van der Waals surface area (Å²) in [5.41, 5.74) is 5.50. The van der Waals surface area contributed by atoms with Gasteiger partial charge in [-0.25, -0.2) is 9.50 Å². The minimum Gasteiger partial charge on any atom is -0.480 e. The topological polar surface area (TPSA) is 132 Å². The lowest BCUT2D eigenvalue weighted by molar-refractivity contribution is -0.197. The summed E-state index contributed by atoms with van der Waals surface area (Å²) < 4.78 is 47.4. The highest BCUT2D eigenvalue weighted by atomic mass is 19.4. The second-order valence-corrected chi connectivity index (χ2v) is 10.4. The van der Waals surface area contributed by atoms with Gasteiger partial charge in [-0.15, -0.1) is 0 Å². The summed E-state index contributed by atoms with van der Waals surface area (Å²) in [6, 6.07) is 2.85. The Morgan fingerprint density at radius 3 is 2.50 bits per heavy atom. The van der Waals surface area contributed by atoms with E-state index in [0.717, 1.165) is 0 Å². The standard InChI is InChI=1S/C24H30F3N5O4/c1-36-11-15(23(22(34)35)8-14(24(25,26)27)9-29-21(23)33)16-6-7-18-30-17(10-32(18)31-16)20(28)19(12-2-3-12)13-4-5-13/h6-7,10,12-15,19-20H,2-5,8-9,11,28H2,1H3,(H,29,33)(H,34,35)/t14-,15?,20?,23?/m1/s1. The van der Waals surface area contributed by atoms with Gasteiger partial charge in [-0.05, 0) is 62.0 Å². The van der Waals surface area contributed by atoms with Crippen molar-refractivity contribution in [3.05, 3.63) is 29.7 Å². The van der Waals surface area contributed by atoms with Crippen LogP contribution in [0.15, 0.2) is 18.3 Å². The number of carbonyl (C=O) groups excluding carboxylic acids is 1. The van der Waals surface area contributed by atoms with Gasteiger partial charge in [0.1, 0.15) is 0 Å². The van der Waals surface area contributed by atoms with Crippen molar-refractivity contribution >= 4 is 17.5 Å². The first-order chi connectivity index (χ1) is 17.1. The summed E-state index contributed by atoms with van der Waals surface area (Å²) in [4.78, 5) is 30.0. The van der Waals surface area contributed by atoms with Crippen molar-refractivity contribution in [2.45, 2.75) is 50.2 Å². The Bertz CT molecular complexity index is 1150. The number of nitrogens with one attached hydrogen (secondary N) is 1. The number of aromatic nitrogens is 3. The Morgan fingerprint density at radius 1 is 1.28 bits per heavy atom. The van der Waals surface area contributed by atoms with E-state index in [4.69, 9.17) is 10.5 Å². The minimum absolute atomic E-state index is 0.128. The molecular formula is C24H30F3N5O4. The van der Waals surface area contributed by atoms with E-state index in [2.05, 4.69) is 15.4 Å². The number of rotatable bonds is 9. The average Bonchev–Trinajstić information content (AvgIpc) is 3.76. The SMILES string of the molecule is COCC(c1ccc2nc(C(N)C(C3CC3)C3CC3)cn2n1)C1(C(=O)O)C[C@@H](C(F)(F)F)CNC1=O. The van der Waals surface area contributed by atoms with Gasteiger partial charge in [0.2, 0.25) is 5.91 Å². The molecule has 3 aliphatic rings. The van der Waals surface area contributed by atoms with Gasteiger partial charge in [0, 0.05) is 13.7 Å². The van der Waals surface area contributed by atoms with Gasteiger partial charge in [-0.2, -0.15) is 18.3 Å². The number of amides is 1. The molecule has 1 amide bonds. The largest absolute Gasteiger partial charge is 0.480 e. The molecule has 4 N–H and O–H groups in total. The molecule has 0 radical (unpaired) electrons. The fourth-order valence-electron chi connectivity index (χ4n) is 5.83. The van der Waals surface area contributed by atoms with E-state index in [-0.39, 0.29) is 18.3 Å². The number of nitrogens with zero attached hydrogens (tertiary/aromatic N) is 3. The maximum Gasteiger partial charge on any atom is 0.393 e. The molecule has 0 spiro atoms. The second kappa shape index (κ2) is 8.98. The van der Waals surface area contributed by atoms with Crippen LogP contribution in [-0.2, 0) is 14.3 Å². The molecule has 196 valence electrons. The first-order valence-electron chi connectivity index (χ1n) is 12.3. The molecule has 2 saturated carbocycles. The van der Waals surface area contributed by atoms with Crippen LogP contribution in [0, 0.1) is 29.1 Å². The molecule has 0 bridgehead atoms.